The third kappa shape index (κ3) is 7.84. The van der Waals surface area contributed by atoms with Crippen molar-refractivity contribution in [1.29, 1.82) is 0 Å². The molecule has 1 aromatic carbocycles. The lowest BCUT2D eigenvalue weighted by atomic mass is 9.78. The number of morpholine rings is 1. The number of aromatic nitrogens is 4. The fraction of sp³-hybridized carbons (Fsp3) is 0.531. The molecule has 3 heterocycles. The zero-order valence-corrected chi connectivity index (χ0v) is 27.6. The first kappa shape index (κ1) is 34.1. The predicted molar refractivity (Wildman–Crippen MR) is 173 cm³/mol. The Labute approximate surface area is 277 Å². The number of carbonyl (C=O) groups is 4. The van der Waals surface area contributed by atoms with Crippen molar-refractivity contribution in [2.24, 2.45) is 11.8 Å². The second kappa shape index (κ2) is 15.6. The largest absolute Gasteiger partial charge is 0.378 e. The third-order valence-electron chi connectivity index (χ3n) is 9.18. The van der Waals surface area contributed by atoms with E-state index in [9.17, 15) is 19.2 Å². The number of nitrogens with zero attached hydrogens (tertiary/aromatic N) is 6. The Morgan fingerprint density at radius 2 is 1.91 bits per heavy atom. The van der Waals surface area contributed by atoms with Gasteiger partial charge in [0.2, 0.25) is 18.2 Å². The quantitative estimate of drug-likeness (QED) is 0.279. The monoisotopic (exact) mass is 668 g/mol. The molecule has 3 aromatic rings. The van der Waals surface area contributed by atoms with Crippen molar-refractivity contribution in [3.8, 4) is 0 Å². The summed E-state index contributed by atoms with van der Waals surface area (Å²) in [7, 11) is 0. The summed E-state index contributed by atoms with van der Waals surface area (Å²) in [6.07, 6.45) is 6.91. The number of halogens is 1. The molecule has 5 rings (SSSR count). The molecule has 13 nitrogen and oxygen atoms in total. The lowest BCUT2D eigenvalue weighted by molar-refractivity contribution is -0.137. The Bertz CT molecular complexity index is 1540. The van der Waals surface area contributed by atoms with Crippen molar-refractivity contribution >= 4 is 47.2 Å². The van der Waals surface area contributed by atoms with Gasteiger partial charge in [0.1, 0.15) is 28.6 Å². The van der Waals surface area contributed by atoms with E-state index >= 15 is 4.39 Å². The van der Waals surface area contributed by atoms with Crippen LogP contribution in [0.1, 0.15) is 67.6 Å². The fourth-order valence-electron chi connectivity index (χ4n) is 6.40. The van der Waals surface area contributed by atoms with Crippen molar-refractivity contribution in [2.45, 2.75) is 71.0 Å². The van der Waals surface area contributed by atoms with Gasteiger partial charge in [0.15, 0.2) is 0 Å². The fourth-order valence-corrected chi connectivity index (χ4v) is 6.81. The number of nitrogens with one attached hydrogen (secondary N) is 2. The van der Waals surface area contributed by atoms with Crippen LogP contribution in [0.2, 0.25) is 0 Å². The van der Waals surface area contributed by atoms with E-state index < -0.39 is 35.6 Å². The van der Waals surface area contributed by atoms with E-state index in [2.05, 4.69) is 32.2 Å². The van der Waals surface area contributed by atoms with Crippen molar-refractivity contribution in [3.63, 3.8) is 0 Å². The summed E-state index contributed by atoms with van der Waals surface area (Å²) in [5.74, 6) is -1.75. The van der Waals surface area contributed by atoms with Crippen molar-refractivity contribution in [2.75, 3.05) is 36.5 Å². The van der Waals surface area contributed by atoms with E-state index in [-0.39, 0.29) is 22.4 Å². The second-order valence-electron chi connectivity index (χ2n) is 12.2. The van der Waals surface area contributed by atoms with Gasteiger partial charge in [0, 0.05) is 31.6 Å². The van der Waals surface area contributed by atoms with Gasteiger partial charge < -0.3 is 20.3 Å². The van der Waals surface area contributed by atoms with Gasteiger partial charge in [-0.3, -0.25) is 24.1 Å². The number of ether oxygens (including phenoxy) is 1. The number of amides is 4. The first-order valence-corrected chi connectivity index (χ1v) is 16.8. The van der Waals surface area contributed by atoms with Crippen molar-refractivity contribution in [3.05, 3.63) is 52.9 Å². The molecule has 3 atom stereocenters. The molecule has 15 heteroatoms. The van der Waals surface area contributed by atoms with Gasteiger partial charge in [-0.05, 0) is 60.8 Å². The lowest BCUT2D eigenvalue weighted by Gasteiger charge is -2.37. The zero-order chi connectivity index (χ0) is 33.5. The highest BCUT2D eigenvalue weighted by Gasteiger charge is 2.38. The maximum Gasteiger partial charge on any atom is 0.265 e. The summed E-state index contributed by atoms with van der Waals surface area (Å²) >= 11 is 0.907. The van der Waals surface area contributed by atoms with Gasteiger partial charge in [-0.1, -0.05) is 37.2 Å². The Hall–Kier alpha value is -4.24. The van der Waals surface area contributed by atoms with E-state index in [1.165, 1.54) is 23.2 Å². The molecular weight excluding hydrogens is 627 g/mol. The molecule has 1 saturated carbocycles. The standard InChI is InChI=1S/C32H41FN8O5S/c1-4-41-27(11-12-35-41)40(19-42)29(22-7-5-20(2)6-8-22)31(44)36-25-10-9-23(17-24(25)33)21(3)28(32(45)39-13-15-46-16-14-39)37-30(43)26-18-34-38-47-26/h9-12,17-22,28-29H,4-8,13-16H2,1-3H3,(H,36,44)(H,37,43)/t20?,21-,22?,28+,29-/m0/s1. The van der Waals surface area contributed by atoms with Crippen LogP contribution in [0.5, 0.6) is 0 Å². The number of rotatable bonds is 12. The molecule has 4 amide bonds. The summed E-state index contributed by atoms with van der Waals surface area (Å²) in [6, 6.07) is 4.16. The summed E-state index contributed by atoms with van der Waals surface area (Å²) in [4.78, 5) is 56.3. The van der Waals surface area contributed by atoms with E-state index in [1.54, 1.807) is 34.8 Å². The summed E-state index contributed by atoms with van der Waals surface area (Å²) < 4.78 is 26.5. The van der Waals surface area contributed by atoms with Crippen LogP contribution < -0.4 is 15.5 Å². The molecule has 47 heavy (non-hydrogen) atoms. The average molecular weight is 669 g/mol. The molecule has 2 aromatic heterocycles. The highest BCUT2D eigenvalue weighted by Crippen LogP contribution is 2.35. The van der Waals surface area contributed by atoms with Crippen LogP contribution in [-0.4, -0.2) is 86.8 Å². The number of hydrogen-bond donors (Lipinski definition) is 2. The maximum absolute atomic E-state index is 15.8. The minimum absolute atomic E-state index is 0.0502. The van der Waals surface area contributed by atoms with Crippen LogP contribution in [0.15, 0.2) is 36.7 Å². The normalized spacial score (nSPS) is 20.1. The Kier molecular flexibility index (Phi) is 11.3. The first-order valence-electron chi connectivity index (χ1n) is 16.0. The highest BCUT2D eigenvalue weighted by atomic mass is 32.1. The molecule has 2 aliphatic rings. The molecule has 2 fully saturated rings. The Morgan fingerprint density at radius 3 is 2.55 bits per heavy atom. The second-order valence-corrected chi connectivity index (χ2v) is 13.0. The van der Waals surface area contributed by atoms with Crippen LogP contribution in [0, 0.1) is 17.7 Å². The van der Waals surface area contributed by atoms with Crippen LogP contribution in [0.3, 0.4) is 0 Å². The topological polar surface area (TPSA) is 152 Å². The number of anilines is 2. The molecule has 2 N–H and O–H groups in total. The van der Waals surface area contributed by atoms with Gasteiger partial charge in [0.05, 0.1) is 31.3 Å². The van der Waals surface area contributed by atoms with E-state index in [0.717, 1.165) is 37.2 Å². The predicted octanol–water partition coefficient (Wildman–Crippen LogP) is 3.45. The molecule has 0 unspecified atom stereocenters. The number of aryl methyl sites for hydroxylation is 1. The summed E-state index contributed by atoms with van der Waals surface area (Å²) in [5.41, 5.74) is 0.403. The van der Waals surface area contributed by atoms with Crippen LogP contribution >= 0.6 is 11.5 Å². The summed E-state index contributed by atoms with van der Waals surface area (Å²) in [6.45, 7) is 7.82. The average Bonchev–Trinajstić information content (AvgIpc) is 3.80. The molecule has 1 aliphatic heterocycles. The summed E-state index contributed by atoms with van der Waals surface area (Å²) in [5, 5.41) is 13.5. The van der Waals surface area contributed by atoms with Crippen LogP contribution in [-0.2, 0) is 25.7 Å². The maximum atomic E-state index is 15.8. The molecular formula is C32H41FN8O5S. The van der Waals surface area contributed by atoms with E-state index in [1.807, 2.05) is 6.92 Å². The minimum Gasteiger partial charge on any atom is -0.378 e. The van der Waals surface area contributed by atoms with Crippen molar-refractivity contribution < 1.29 is 28.3 Å². The first-order chi connectivity index (χ1) is 22.7. The lowest BCUT2D eigenvalue weighted by Crippen LogP contribution is -2.53. The number of benzene rings is 1. The van der Waals surface area contributed by atoms with Gasteiger partial charge in [-0.15, -0.1) is 5.10 Å². The smallest absolute Gasteiger partial charge is 0.265 e. The Balaban J connectivity index is 1.38. The van der Waals surface area contributed by atoms with Gasteiger partial charge in [0.25, 0.3) is 5.91 Å². The highest BCUT2D eigenvalue weighted by molar-refractivity contribution is 7.07. The molecule has 1 aliphatic carbocycles. The molecule has 0 bridgehead atoms. The number of hydrogen-bond acceptors (Lipinski definition) is 9. The van der Waals surface area contributed by atoms with Crippen LogP contribution in [0.4, 0.5) is 15.9 Å². The van der Waals surface area contributed by atoms with Gasteiger partial charge >= 0.3 is 0 Å². The van der Waals surface area contributed by atoms with E-state index in [4.69, 9.17) is 4.74 Å². The molecule has 252 valence electrons. The molecule has 0 spiro atoms. The number of carbonyl (C=O) groups excluding carboxylic acids is 4. The van der Waals surface area contributed by atoms with Crippen molar-refractivity contribution in [1.82, 2.24) is 29.6 Å². The Morgan fingerprint density at radius 1 is 1.17 bits per heavy atom. The van der Waals surface area contributed by atoms with Gasteiger partial charge in [-0.2, -0.15) is 5.10 Å². The third-order valence-corrected chi connectivity index (χ3v) is 9.85. The van der Waals surface area contributed by atoms with Gasteiger partial charge in [-0.25, -0.2) is 9.07 Å². The van der Waals surface area contributed by atoms with Crippen LogP contribution in [0.25, 0.3) is 0 Å². The SMILES string of the molecule is CCn1nccc1N(C=O)[C@H](C(=O)Nc1ccc([C@H](C)[C@@H](NC(=O)c2cnns2)C(=O)N2CCOCC2)cc1F)C1CCC(C)CC1. The molecule has 0 radical (unpaired) electrons. The minimum atomic E-state index is -1.01. The zero-order valence-electron chi connectivity index (χ0n) is 26.8. The molecule has 1 saturated heterocycles. The van der Waals surface area contributed by atoms with E-state index in [0.29, 0.717) is 56.6 Å².